The van der Waals surface area contributed by atoms with Crippen LogP contribution in [0.5, 0.6) is 11.5 Å². The van der Waals surface area contributed by atoms with Gasteiger partial charge < -0.3 is 14.1 Å². The predicted octanol–water partition coefficient (Wildman–Crippen LogP) is 6.83. The number of carbonyl (C=O) groups excluding carboxylic acids is 1. The second kappa shape index (κ2) is 9.57. The minimum atomic E-state index is -4.55. The van der Waals surface area contributed by atoms with E-state index in [0.29, 0.717) is 34.7 Å². The van der Waals surface area contributed by atoms with Gasteiger partial charge in [-0.2, -0.15) is 18.3 Å². The summed E-state index contributed by atoms with van der Waals surface area (Å²) >= 11 is 0. The SMILES string of the molecule is Cc1cc(Oc2ccc(C3c4c(-c5cccc6[nH]c(=O)oc56)n[nH]c4C(=O)N3CC(C)(F)F)cc2)cc(C(F)(F)F)c1. The summed E-state index contributed by atoms with van der Waals surface area (Å²) in [5, 5.41) is 6.94. The van der Waals surface area contributed by atoms with Gasteiger partial charge >= 0.3 is 11.9 Å². The molecule has 1 aliphatic rings. The number of aromatic amines is 2. The molecule has 6 rings (SSSR count). The number of aromatic nitrogens is 3. The molecule has 1 unspecified atom stereocenters. The van der Waals surface area contributed by atoms with E-state index < -0.39 is 41.9 Å². The van der Waals surface area contributed by atoms with Crippen LogP contribution in [0.3, 0.4) is 0 Å². The molecule has 1 aliphatic heterocycles. The Balaban J connectivity index is 1.41. The fraction of sp³-hybridized carbons (Fsp3) is 0.207. The summed E-state index contributed by atoms with van der Waals surface area (Å²) in [4.78, 5) is 28.8. The molecule has 3 aromatic carbocycles. The molecule has 5 aromatic rings. The Bertz CT molecular complexity index is 1880. The topological polar surface area (TPSA) is 104 Å². The second-order valence-corrected chi connectivity index (χ2v) is 10.2. The van der Waals surface area contributed by atoms with Gasteiger partial charge in [0.05, 0.1) is 23.7 Å². The molecule has 0 radical (unpaired) electrons. The molecular weight excluding hydrogens is 563 g/mol. The van der Waals surface area contributed by atoms with Gasteiger partial charge in [-0.3, -0.25) is 14.9 Å². The number of para-hydroxylation sites is 1. The number of fused-ring (bicyclic) bond motifs is 2. The summed E-state index contributed by atoms with van der Waals surface area (Å²) in [6, 6.07) is 13.2. The average molecular weight is 585 g/mol. The van der Waals surface area contributed by atoms with Gasteiger partial charge in [0, 0.05) is 18.1 Å². The molecular formula is C29H21F5N4O4. The van der Waals surface area contributed by atoms with E-state index in [4.69, 9.17) is 9.15 Å². The zero-order chi connectivity index (χ0) is 30.0. The molecule has 42 heavy (non-hydrogen) atoms. The highest BCUT2D eigenvalue weighted by atomic mass is 19.4. The lowest BCUT2D eigenvalue weighted by Gasteiger charge is -2.28. The van der Waals surface area contributed by atoms with E-state index in [1.54, 1.807) is 18.2 Å². The van der Waals surface area contributed by atoms with Gasteiger partial charge in [0.1, 0.15) is 22.9 Å². The van der Waals surface area contributed by atoms with Gasteiger partial charge in [-0.25, -0.2) is 13.6 Å². The van der Waals surface area contributed by atoms with Crippen molar-refractivity contribution < 1.29 is 35.9 Å². The van der Waals surface area contributed by atoms with Gasteiger partial charge in [-0.1, -0.05) is 18.2 Å². The van der Waals surface area contributed by atoms with Crippen LogP contribution >= 0.6 is 0 Å². The van der Waals surface area contributed by atoms with Crippen molar-refractivity contribution in [2.24, 2.45) is 0 Å². The molecule has 0 aliphatic carbocycles. The van der Waals surface area contributed by atoms with Crippen molar-refractivity contribution in [1.82, 2.24) is 20.1 Å². The van der Waals surface area contributed by atoms with Crippen LogP contribution < -0.4 is 10.5 Å². The molecule has 0 fully saturated rings. The van der Waals surface area contributed by atoms with E-state index in [-0.39, 0.29) is 28.5 Å². The van der Waals surface area contributed by atoms with E-state index in [9.17, 15) is 31.5 Å². The van der Waals surface area contributed by atoms with Gasteiger partial charge in [0.25, 0.3) is 11.8 Å². The van der Waals surface area contributed by atoms with E-state index in [2.05, 4.69) is 15.2 Å². The molecule has 0 bridgehead atoms. The number of amides is 1. The number of oxazole rings is 1. The first kappa shape index (κ1) is 27.2. The maximum atomic E-state index is 14.3. The van der Waals surface area contributed by atoms with Crippen LogP contribution in [-0.2, 0) is 6.18 Å². The van der Waals surface area contributed by atoms with Crippen LogP contribution in [0.15, 0.2) is 69.9 Å². The fourth-order valence-corrected chi connectivity index (χ4v) is 5.20. The summed E-state index contributed by atoms with van der Waals surface area (Å²) in [7, 11) is 0. The van der Waals surface area contributed by atoms with Crippen molar-refractivity contribution in [2.45, 2.75) is 32.0 Å². The summed E-state index contributed by atoms with van der Waals surface area (Å²) in [5.41, 5.74) is 1.40. The first-order chi connectivity index (χ1) is 19.8. The van der Waals surface area contributed by atoms with Crippen molar-refractivity contribution in [1.29, 1.82) is 0 Å². The van der Waals surface area contributed by atoms with Crippen molar-refractivity contribution in [2.75, 3.05) is 6.54 Å². The number of aryl methyl sites for hydroxylation is 1. The van der Waals surface area contributed by atoms with E-state index in [1.165, 1.54) is 37.3 Å². The van der Waals surface area contributed by atoms with Crippen LogP contribution in [0.25, 0.3) is 22.4 Å². The Morgan fingerprint density at radius 1 is 1.00 bits per heavy atom. The number of H-pyrrole nitrogens is 2. The van der Waals surface area contributed by atoms with Gasteiger partial charge in [-0.15, -0.1) is 0 Å². The molecule has 0 saturated carbocycles. The standard InChI is InChI=1S/C29H21F5N4O4/c1-14-10-16(29(32,33)34)12-18(11-14)41-17-8-6-15(7-9-17)24-21-22(19-4-3-5-20-25(19)42-27(40)35-20)36-37-23(21)26(39)38(24)13-28(2,30)31/h3-12,24H,13H2,1-2H3,(H,35,40)(H,36,37). The highest BCUT2D eigenvalue weighted by molar-refractivity contribution is 6.02. The monoisotopic (exact) mass is 584 g/mol. The van der Waals surface area contributed by atoms with Crippen LogP contribution in [0.2, 0.25) is 0 Å². The zero-order valence-electron chi connectivity index (χ0n) is 22.0. The summed E-state index contributed by atoms with van der Waals surface area (Å²) in [5.74, 6) is -4.46. The molecule has 13 heteroatoms. The van der Waals surface area contributed by atoms with Crippen LogP contribution in [0, 0.1) is 6.92 Å². The smallest absolute Gasteiger partial charge is 0.417 e. The Hall–Kier alpha value is -4.94. The van der Waals surface area contributed by atoms with Crippen molar-refractivity contribution in [3.05, 3.63) is 99.2 Å². The third-order valence-corrected chi connectivity index (χ3v) is 6.82. The van der Waals surface area contributed by atoms with Crippen molar-refractivity contribution in [3.8, 4) is 22.8 Å². The third kappa shape index (κ3) is 4.91. The lowest BCUT2D eigenvalue weighted by Crippen LogP contribution is -2.38. The lowest BCUT2D eigenvalue weighted by atomic mass is 9.95. The predicted molar refractivity (Wildman–Crippen MR) is 141 cm³/mol. The largest absolute Gasteiger partial charge is 0.457 e. The molecule has 216 valence electrons. The Labute approximate surface area is 233 Å². The Morgan fingerprint density at radius 2 is 1.74 bits per heavy atom. The minimum absolute atomic E-state index is 0.00824. The quantitative estimate of drug-likeness (QED) is 0.213. The maximum Gasteiger partial charge on any atom is 0.417 e. The number of halogens is 5. The highest BCUT2D eigenvalue weighted by Gasteiger charge is 2.45. The molecule has 1 atom stereocenters. The summed E-state index contributed by atoms with van der Waals surface area (Å²) in [6.07, 6.45) is -4.55. The summed E-state index contributed by atoms with van der Waals surface area (Å²) in [6.45, 7) is 1.32. The van der Waals surface area contributed by atoms with E-state index in [0.717, 1.165) is 17.0 Å². The van der Waals surface area contributed by atoms with Crippen molar-refractivity contribution in [3.63, 3.8) is 0 Å². The molecule has 0 saturated heterocycles. The number of nitrogens with zero attached hydrogens (tertiary/aromatic N) is 2. The number of benzene rings is 3. The normalized spacial score (nSPS) is 15.5. The first-order valence-corrected chi connectivity index (χ1v) is 12.6. The van der Waals surface area contributed by atoms with Crippen LogP contribution in [0.4, 0.5) is 22.0 Å². The first-order valence-electron chi connectivity index (χ1n) is 12.6. The van der Waals surface area contributed by atoms with E-state index >= 15 is 0 Å². The van der Waals surface area contributed by atoms with Gasteiger partial charge in [0.2, 0.25) is 0 Å². The summed E-state index contributed by atoms with van der Waals surface area (Å²) < 4.78 is 79.3. The number of carbonyl (C=O) groups is 1. The lowest BCUT2D eigenvalue weighted by molar-refractivity contribution is -0.137. The molecule has 1 amide bonds. The molecule has 0 spiro atoms. The van der Waals surface area contributed by atoms with Crippen molar-refractivity contribution >= 4 is 17.0 Å². The minimum Gasteiger partial charge on any atom is -0.457 e. The Morgan fingerprint density at radius 3 is 2.43 bits per heavy atom. The highest BCUT2D eigenvalue weighted by Crippen LogP contribution is 2.45. The number of hydrogen-bond donors (Lipinski definition) is 2. The number of alkyl halides is 5. The second-order valence-electron chi connectivity index (χ2n) is 10.2. The van der Waals surface area contributed by atoms with Gasteiger partial charge in [-0.05, 0) is 60.5 Å². The number of nitrogens with one attached hydrogen (secondary N) is 2. The van der Waals surface area contributed by atoms with Crippen LogP contribution in [0.1, 0.15) is 45.7 Å². The number of ether oxygens (including phenoxy) is 1. The Kier molecular flexibility index (Phi) is 6.21. The van der Waals surface area contributed by atoms with E-state index in [1.807, 2.05) is 0 Å². The molecule has 8 nitrogen and oxygen atoms in total. The maximum absolute atomic E-state index is 14.3. The fourth-order valence-electron chi connectivity index (χ4n) is 5.20. The molecule has 2 aromatic heterocycles. The average Bonchev–Trinajstić information content (AvgIpc) is 3.56. The third-order valence-electron chi connectivity index (χ3n) is 6.82. The molecule has 3 heterocycles. The zero-order valence-corrected chi connectivity index (χ0v) is 22.0. The number of hydrogen-bond acceptors (Lipinski definition) is 5. The molecule has 2 N–H and O–H groups in total. The number of rotatable bonds is 6. The van der Waals surface area contributed by atoms with Gasteiger partial charge in [0.15, 0.2) is 5.58 Å². The van der Waals surface area contributed by atoms with Crippen LogP contribution in [-0.4, -0.2) is 38.5 Å².